The summed E-state index contributed by atoms with van der Waals surface area (Å²) < 4.78 is 5.43. The summed E-state index contributed by atoms with van der Waals surface area (Å²) in [6, 6.07) is 15.6. The molecule has 2 aliphatic rings. The van der Waals surface area contributed by atoms with Crippen molar-refractivity contribution in [3.8, 4) is 0 Å². The summed E-state index contributed by atoms with van der Waals surface area (Å²) in [5.74, 6) is 0.477. The molecule has 0 radical (unpaired) electrons. The molecule has 28 heavy (non-hydrogen) atoms. The number of carbonyl (C=O) groups excluding carboxylic acids is 1. The summed E-state index contributed by atoms with van der Waals surface area (Å²) in [6.45, 7) is 4.21. The van der Waals surface area contributed by atoms with Crippen LogP contribution in [0.3, 0.4) is 0 Å². The van der Waals surface area contributed by atoms with E-state index in [1.807, 2.05) is 17.0 Å². The van der Waals surface area contributed by atoms with E-state index >= 15 is 0 Å². The Bertz CT molecular complexity index is 826. The predicted octanol–water partition coefficient (Wildman–Crippen LogP) is 3.94. The Hall–Kier alpha value is -2.73. The lowest BCUT2D eigenvalue weighted by molar-refractivity contribution is 0.0712. The van der Waals surface area contributed by atoms with Gasteiger partial charge in [-0.3, -0.25) is 4.79 Å². The third kappa shape index (κ3) is 3.92. The average molecular weight is 379 g/mol. The highest BCUT2D eigenvalue weighted by Crippen LogP contribution is 2.31. The number of hydrogen-bond donors (Lipinski definition) is 0. The third-order valence-corrected chi connectivity index (χ3v) is 5.72. The van der Waals surface area contributed by atoms with E-state index in [9.17, 15) is 9.70 Å². The fourth-order valence-corrected chi connectivity index (χ4v) is 4.14. The second kappa shape index (κ2) is 8.52. The highest BCUT2D eigenvalue weighted by molar-refractivity contribution is 6.00. The van der Waals surface area contributed by atoms with Crippen molar-refractivity contribution in [2.24, 2.45) is 5.18 Å². The second-order valence-electron chi connectivity index (χ2n) is 7.37. The number of anilines is 1. The molecule has 6 heteroatoms. The van der Waals surface area contributed by atoms with Crippen LogP contribution < -0.4 is 4.90 Å². The first-order valence-electron chi connectivity index (χ1n) is 9.90. The van der Waals surface area contributed by atoms with Crippen molar-refractivity contribution in [3.63, 3.8) is 0 Å². The summed E-state index contributed by atoms with van der Waals surface area (Å²) >= 11 is 0. The summed E-state index contributed by atoms with van der Waals surface area (Å²) in [7, 11) is 0. The minimum atomic E-state index is -0.0153. The number of morpholine rings is 1. The van der Waals surface area contributed by atoms with Crippen molar-refractivity contribution < 1.29 is 9.53 Å². The van der Waals surface area contributed by atoms with Crippen LogP contribution in [-0.4, -0.2) is 50.2 Å². The smallest absolute Gasteiger partial charge is 0.256 e. The van der Waals surface area contributed by atoms with Crippen LogP contribution in [0, 0.1) is 4.91 Å². The molecule has 2 aliphatic heterocycles. The van der Waals surface area contributed by atoms with Gasteiger partial charge in [-0.15, -0.1) is 4.91 Å². The van der Waals surface area contributed by atoms with E-state index in [1.54, 1.807) is 12.1 Å². The first-order chi connectivity index (χ1) is 13.8. The quantitative estimate of drug-likeness (QED) is 0.755. The lowest BCUT2D eigenvalue weighted by atomic mass is 9.89. The van der Waals surface area contributed by atoms with E-state index in [4.69, 9.17) is 4.74 Å². The molecule has 2 saturated heterocycles. The monoisotopic (exact) mass is 379 g/mol. The number of amides is 1. The number of ether oxygens (including phenoxy) is 1. The van der Waals surface area contributed by atoms with Crippen LogP contribution in [0.1, 0.15) is 34.7 Å². The molecule has 0 aliphatic carbocycles. The number of carbonyl (C=O) groups is 1. The van der Waals surface area contributed by atoms with Gasteiger partial charge in [-0.2, -0.15) is 0 Å². The van der Waals surface area contributed by atoms with Crippen LogP contribution in [0.4, 0.5) is 11.4 Å². The molecule has 2 aromatic carbocycles. The molecule has 0 unspecified atom stereocenters. The Morgan fingerprint density at radius 1 is 0.964 bits per heavy atom. The first-order valence-corrected chi connectivity index (χ1v) is 9.90. The molecule has 0 spiro atoms. The van der Waals surface area contributed by atoms with E-state index in [2.05, 4.69) is 34.3 Å². The molecule has 2 aromatic rings. The highest BCUT2D eigenvalue weighted by atomic mass is 16.5. The average Bonchev–Trinajstić information content (AvgIpc) is 2.79. The maximum atomic E-state index is 13.3. The van der Waals surface area contributed by atoms with Crippen LogP contribution in [0.5, 0.6) is 0 Å². The van der Waals surface area contributed by atoms with Gasteiger partial charge in [0.25, 0.3) is 5.91 Å². The van der Waals surface area contributed by atoms with Gasteiger partial charge in [0.15, 0.2) is 0 Å². The maximum Gasteiger partial charge on any atom is 0.256 e. The van der Waals surface area contributed by atoms with Gasteiger partial charge in [0.05, 0.1) is 18.8 Å². The molecule has 2 fully saturated rings. The van der Waals surface area contributed by atoms with E-state index in [0.717, 1.165) is 44.7 Å². The van der Waals surface area contributed by atoms with Gasteiger partial charge in [-0.1, -0.05) is 30.3 Å². The van der Waals surface area contributed by atoms with Crippen molar-refractivity contribution in [1.82, 2.24) is 4.90 Å². The second-order valence-corrected chi connectivity index (χ2v) is 7.37. The van der Waals surface area contributed by atoms with Gasteiger partial charge in [0.2, 0.25) is 0 Å². The number of likely N-dealkylation sites (tertiary alicyclic amines) is 1. The molecule has 0 bridgehead atoms. The largest absolute Gasteiger partial charge is 0.378 e. The van der Waals surface area contributed by atoms with Crippen LogP contribution in [0.2, 0.25) is 0 Å². The number of rotatable bonds is 4. The summed E-state index contributed by atoms with van der Waals surface area (Å²) in [5, 5.41) is 3.03. The van der Waals surface area contributed by atoms with E-state index in [0.29, 0.717) is 30.4 Å². The van der Waals surface area contributed by atoms with Crippen molar-refractivity contribution in [2.75, 3.05) is 44.3 Å². The van der Waals surface area contributed by atoms with Gasteiger partial charge in [0.1, 0.15) is 5.69 Å². The number of hydrogen-bond acceptors (Lipinski definition) is 5. The molecule has 2 heterocycles. The zero-order chi connectivity index (χ0) is 19.3. The lowest BCUT2D eigenvalue weighted by Crippen LogP contribution is -2.40. The van der Waals surface area contributed by atoms with Gasteiger partial charge in [-0.25, -0.2) is 0 Å². The van der Waals surface area contributed by atoms with E-state index < -0.39 is 0 Å². The lowest BCUT2D eigenvalue weighted by Gasteiger charge is -2.34. The van der Waals surface area contributed by atoms with Crippen LogP contribution in [-0.2, 0) is 4.74 Å². The van der Waals surface area contributed by atoms with Crippen LogP contribution >= 0.6 is 0 Å². The molecule has 6 nitrogen and oxygen atoms in total. The number of nitrogens with zero attached hydrogens (tertiary/aromatic N) is 3. The molecule has 146 valence electrons. The zero-order valence-electron chi connectivity index (χ0n) is 15.9. The van der Waals surface area contributed by atoms with E-state index in [-0.39, 0.29) is 5.91 Å². The summed E-state index contributed by atoms with van der Waals surface area (Å²) in [5.41, 5.74) is 3.07. The van der Waals surface area contributed by atoms with Crippen molar-refractivity contribution in [1.29, 1.82) is 0 Å². The molecular formula is C22H25N3O3. The predicted molar refractivity (Wildman–Crippen MR) is 109 cm³/mol. The van der Waals surface area contributed by atoms with E-state index in [1.165, 1.54) is 5.56 Å². The van der Waals surface area contributed by atoms with Crippen LogP contribution in [0.15, 0.2) is 53.7 Å². The van der Waals surface area contributed by atoms with Crippen LogP contribution in [0.25, 0.3) is 0 Å². The molecule has 4 rings (SSSR count). The van der Waals surface area contributed by atoms with Crippen molar-refractivity contribution in [3.05, 3.63) is 64.6 Å². The maximum absolute atomic E-state index is 13.3. The molecule has 0 saturated carbocycles. The highest BCUT2D eigenvalue weighted by Gasteiger charge is 2.27. The summed E-state index contributed by atoms with van der Waals surface area (Å²) in [4.78, 5) is 28.4. The minimum absolute atomic E-state index is 0.0153. The fraction of sp³-hybridized carbons (Fsp3) is 0.409. The Labute approximate surface area is 165 Å². The zero-order valence-corrected chi connectivity index (χ0v) is 15.9. The molecule has 0 N–H and O–H groups in total. The van der Waals surface area contributed by atoms with Gasteiger partial charge in [-0.05, 0) is 47.7 Å². The topological polar surface area (TPSA) is 62.2 Å². The Kier molecular flexibility index (Phi) is 5.67. The van der Waals surface area contributed by atoms with Gasteiger partial charge < -0.3 is 14.5 Å². The number of benzene rings is 2. The fourth-order valence-electron chi connectivity index (χ4n) is 4.14. The first kappa shape index (κ1) is 18.6. The number of nitroso groups, excluding NO2 is 1. The summed E-state index contributed by atoms with van der Waals surface area (Å²) in [6.07, 6.45) is 1.91. The molecule has 0 atom stereocenters. The molecule has 0 aromatic heterocycles. The normalized spacial score (nSPS) is 18.1. The molecular weight excluding hydrogens is 354 g/mol. The third-order valence-electron chi connectivity index (χ3n) is 5.72. The van der Waals surface area contributed by atoms with Crippen molar-refractivity contribution in [2.45, 2.75) is 18.8 Å². The Balaban J connectivity index is 1.52. The standard InChI is InChI=1S/C22H25N3O3/c26-22(25-10-8-18(9-11-25)17-4-2-1-3-5-17)20-16-19(23-27)6-7-21(20)24-12-14-28-15-13-24/h1-7,16,18H,8-15H2. The van der Waals surface area contributed by atoms with Crippen molar-refractivity contribution >= 4 is 17.3 Å². The van der Waals surface area contributed by atoms with Gasteiger partial charge in [0, 0.05) is 31.9 Å². The Morgan fingerprint density at radius 2 is 1.68 bits per heavy atom. The van der Waals surface area contributed by atoms with Gasteiger partial charge >= 0.3 is 0 Å². The molecule has 1 amide bonds. The number of piperidine rings is 1. The Morgan fingerprint density at radius 3 is 2.36 bits per heavy atom. The SMILES string of the molecule is O=Nc1ccc(N2CCOCC2)c(C(=O)N2CCC(c3ccccc3)CC2)c1. The minimum Gasteiger partial charge on any atom is -0.378 e.